The third-order valence-corrected chi connectivity index (χ3v) is 6.55. The van der Waals surface area contributed by atoms with Crippen molar-refractivity contribution in [2.45, 2.75) is 103 Å². The highest BCUT2D eigenvalue weighted by Crippen LogP contribution is 2.43. The first-order valence-corrected chi connectivity index (χ1v) is 11.1. The third-order valence-electron chi connectivity index (χ3n) is 6.46. The van der Waals surface area contributed by atoms with Crippen molar-refractivity contribution in [3.8, 4) is 0 Å². The molecule has 1 nitrogen and oxygen atoms in total. The lowest BCUT2D eigenvalue weighted by atomic mass is 9.68. The molecule has 0 aromatic carbocycles. The Balaban J connectivity index is 1.77. The smallest absolute Gasteiger partial charge is 0.0956 e. The maximum absolute atomic E-state index is 4.98. The topological polar surface area (TPSA) is 12.4 Å². The van der Waals surface area contributed by atoms with Gasteiger partial charge in [0.2, 0.25) is 0 Å². The molecule has 0 aromatic heterocycles. The van der Waals surface area contributed by atoms with E-state index in [1.807, 2.05) is 0 Å². The number of hydrogen-bond acceptors (Lipinski definition) is 2. The summed E-state index contributed by atoms with van der Waals surface area (Å²) in [5.41, 5.74) is 1.35. The fraction of sp³-hybridized carbons (Fsp3) is 0.783. The van der Waals surface area contributed by atoms with E-state index in [9.17, 15) is 0 Å². The van der Waals surface area contributed by atoms with E-state index in [0.29, 0.717) is 5.92 Å². The molecule has 0 bridgehead atoms. The highest BCUT2D eigenvalue weighted by Gasteiger charge is 2.38. The molecule has 2 rings (SSSR count). The predicted molar refractivity (Wildman–Crippen MR) is 113 cm³/mol. The first-order chi connectivity index (χ1) is 12.2. The second kappa shape index (κ2) is 11.1. The molecule has 0 heterocycles. The SMILES string of the molecule is CCCCCCCCC1CCC(C2(N=C=S)C=CC(CC)=CC2)CC1. The summed E-state index contributed by atoms with van der Waals surface area (Å²) in [5.74, 6) is 1.60. The Morgan fingerprint density at radius 1 is 1.08 bits per heavy atom. The van der Waals surface area contributed by atoms with Gasteiger partial charge in [-0.25, -0.2) is 4.99 Å². The van der Waals surface area contributed by atoms with Crippen LogP contribution in [-0.2, 0) is 0 Å². The van der Waals surface area contributed by atoms with Gasteiger partial charge in [-0.1, -0.05) is 95.4 Å². The average Bonchev–Trinajstić information content (AvgIpc) is 2.66. The van der Waals surface area contributed by atoms with Crippen molar-refractivity contribution < 1.29 is 0 Å². The Bertz CT molecular complexity index is 492. The van der Waals surface area contributed by atoms with E-state index in [2.05, 4.69) is 42.2 Å². The molecule has 1 unspecified atom stereocenters. The van der Waals surface area contributed by atoms with Crippen LogP contribution >= 0.6 is 12.2 Å². The molecular formula is C23H37NS. The number of nitrogens with zero attached hydrogens (tertiary/aromatic N) is 1. The number of allylic oxidation sites excluding steroid dienone is 2. The van der Waals surface area contributed by atoms with Crippen LogP contribution in [0.25, 0.3) is 0 Å². The maximum Gasteiger partial charge on any atom is 0.0956 e. The van der Waals surface area contributed by atoms with Gasteiger partial charge in [-0.05, 0) is 49.7 Å². The number of aliphatic imine (C=N–C) groups is 1. The highest BCUT2D eigenvalue weighted by molar-refractivity contribution is 7.78. The summed E-state index contributed by atoms with van der Waals surface area (Å²) >= 11 is 4.98. The van der Waals surface area contributed by atoms with Crippen molar-refractivity contribution in [1.82, 2.24) is 0 Å². The minimum absolute atomic E-state index is 0.0917. The molecule has 0 N–H and O–H groups in total. The molecule has 140 valence electrons. The standard InChI is InChI=1S/C23H37NS/c1-3-5-6-7-8-9-10-21-11-13-22(14-12-21)23(24-19-25)17-15-20(4-2)16-18-23/h15-17,21-22H,3-14,18H2,1-2H3. The summed E-state index contributed by atoms with van der Waals surface area (Å²) in [6, 6.07) is 0. The van der Waals surface area contributed by atoms with Crippen LogP contribution in [0.3, 0.4) is 0 Å². The Hall–Kier alpha value is -0.720. The van der Waals surface area contributed by atoms with Gasteiger partial charge >= 0.3 is 0 Å². The summed E-state index contributed by atoms with van der Waals surface area (Å²) in [5, 5.41) is 2.71. The molecule has 0 amide bonds. The largest absolute Gasteiger partial charge is 0.221 e. The van der Waals surface area contributed by atoms with E-state index >= 15 is 0 Å². The molecule has 25 heavy (non-hydrogen) atoms. The van der Waals surface area contributed by atoms with Crippen LogP contribution in [-0.4, -0.2) is 10.7 Å². The van der Waals surface area contributed by atoms with Gasteiger partial charge in [-0.2, -0.15) is 0 Å². The molecule has 2 aliphatic carbocycles. The lowest BCUT2D eigenvalue weighted by Gasteiger charge is -2.40. The van der Waals surface area contributed by atoms with Crippen LogP contribution in [0.2, 0.25) is 0 Å². The molecule has 0 aliphatic heterocycles. The quantitative estimate of drug-likeness (QED) is 0.221. The van der Waals surface area contributed by atoms with Crippen molar-refractivity contribution in [3.63, 3.8) is 0 Å². The predicted octanol–water partition coefficient (Wildman–Crippen LogP) is 7.68. The fourth-order valence-electron chi connectivity index (χ4n) is 4.67. The van der Waals surface area contributed by atoms with Crippen molar-refractivity contribution >= 4 is 17.4 Å². The maximum atomic E-state index is 4.98. The number of thiocarbonyl (C=S) groups is 1. The molecule has 1 saturated carbocycles. The third kappa shape index (κ3) is 6.19. The molecule has 0 aromatic rings. The zero-order valence-corrected chi connectivity index (χ0v) is 17.3. The molecule has 0 radical (unpaired) electrons. The van der Waals surface area contributed by atoms with E-state index in [1.165, 1.54) is 76.2 Å². The molecule has 2 aliphatic rings. The van der Waals surface area contributed by atoms with Gasteiger partial charge in [0.15, 0.2) is 0 Å². The first-order valence-electron chi connectivity index (χ1n) is 10.7. The number of unbranched alkanes of at least 4 members (excludes halogenated alkanes) is 5. The zero-order valence-electron chi connectivity index (χ0n) is 16.4. The lowest BCUT2D eigenvalue weighted by Crippen LogP contribution is -2.37. The average molecular weight is 360 g/mol. The van der Waals surface area contributed by atoms with Crippen molar-refractivity contribution in [2.75, 3.05) is 0 Å². The summed E-state index contributed by atoms with van der Waals surface area (Å²) in [4.78, 5) is 4.67. The van der Waals surface area contributed by atoms with Crippen molar-refractivity contribution in [3.05, 3.63) is 23.8 Å². The molecule has 1 fully saturated rings. The van der Waals surface area contributed by atoms with Crippen molar-refractivity contribution in [2.24, 2.45) is 16.8 Å². The van der Waals surface area contributed by atoms with Gasteiger partial charge in [-0.15, -0.1) is 0 Å². The molecule has 1 atom stereocenters. The Morgan fingerprint density at radius 3 is 2.40 bits per heavy atom. The van der Waals surface area contributed by atoms with Gasteiger partial charge in [0.25, 0.3) is 0 Å². The van der Waals surface area contributed by atoms with Crippen LogP contribution in [0.4, 0.5) is 0 Å². The number of hydrogen-bond donors (Lipinski definition) is 0. The summed E-state index contributed by atoms with van der Waals surface area (Å²) in [6.07, 6.45) is 24.4. The Morgan fingerprint density at radius 2 is 1.80 bits per heavy atom. The summed E-state index contributed by atoms with van der Waals surface area (Å²) in [7, 11) is 0. The lowest BCUT2D eigenvalue weighted by molar-refractivity contribution is 0.197. The molecule has 0 spiro atoms. The molecular weight excluding hydrogens is 322 g/mol. The normalized spacial score (nSPS) is 29.1. The Labute approximate surface area is 161 Å². The van der Waals surface area contributed by atoms with E-state index in [-0.39, 0.29) is 5.54 Å². The van der Waals surface area contributed by atoms with Crippen LogP contribution in [0.1, 0.15) is 97.3 Å². The number of isothiocyanates is 1. The van der Waals surface area contributed by atoms with Crippen LogP contribution in [0, 0.1) is 11.8 Å². The van der Waals surface area contributed by atoms with Gasteiger partial charge < -0.3 is 0 Å². The molecule has 0 saturated heterocycles. The Kier molecular flexibility index (Phi) is 9.13. The van der Waals surface area contributed by atoms with Crippen LogP contribution < -0.4 is 0 Å². The van der Waals surface area contributed by atoms with E-state index in [4.69, 9.17) is 12.2 Å². The second-order valence-corrected chi connectivity index (χ2v) is 8.32. The highest BCUT2D eigenvalue weighted by atomic mass is 32.1. The summed E-state index contributed by atoms with van der Waals surface area (Å²) in [6.45, 7) is 4.51. The van der Waals surface area contributed by atoms with Gasteiger partial charge in [0.1, 0.15) is 0 Å². The van der Waals surface area contributed by atoms with Gasteiger partial charge in [0, 0.05) is 0 Å². The van der Waals surface area contributed by atoms with E-state index in [1.54, 1.807) is 0 Å². The van der Waals surface area contributed by atoms with Crippen LogP contribution in [0.5, 0.6) is 0 Å². The van der Waals surface area contributed by atoms with E-state index in [0.717, 1.165) is 18.8 Å². The van der Waals surface area contributed by atoms with Gasteiger partial charge in [-0.3, -0.25) is 0 Å². The molecule has 2 heteroatoms. The number of rotatable bonds is 10. The van der Waals surface area contributed by atoms with Gasteiger partial charge in [0.05, 0.1) is 10.7 Å². The van der Waals surface area contributed by atoms with E-state index < -0.39 is 0 Å². The zero-order chi connectivity index (χ0) is 18.0. The van der Waals surface area contributed by atoms with Crippen molar-refractivity contribution in [1.29, 1.82) is 0 Å². The fourth-order valence-corrected chi connectivity index (χ4v) is 4.84. The second-order valence-electron chi connectivity index (χ2n) is 8.14. The first kappa shape index (κ1) is 20.6. The monoisotopic (exact) mass is 359 g/mol. The minimum atomic E-state index is -0.0917. The minimum Gasteiger partial charge on any atom is -0.221 e. The van der Waals surface area contributed by atoms with Crippen LogP contribution in [0.15, 0.2) is 28.8 Å². The summed E-state index contributed by atoms with van der Waals surface area (Å²) < 4.78 is 0.